The summed E-state index contributed by atoms with van der Waals surface area (Å²) in [5.41, 5.74) is 0.624. The number of fused-ring (bicyclic) bond motifs is 1. The number of rotatable bonds is 6. The maximum atomic E-state index is 11.9. The van der Waals surface area contributed by atoms with Crippen LogP contribution in [0.2, 0.25) is 5.02 Å². The summed E-state index contributed by atoms with van der Waals surface area (Å²) in [6.45, 7) is 5.17. The Morgan fingerprint density at radius 2 is 2.08 bits per heavy atom. The molecule has 0 saturated heterocycles. The van der Waals surface area contributed by atoms with Crippen molar-refractivity contribution < 1.29 is 19.1 Å². The Hall–Kier alpha value is -2.05. The summed E-state index contributed by atoms with van der Waals surface area (Å²) >= 11 is 6.17. The van der Waals surface area contributed by atoms with Crippen LogP contribution >= 0.6 is 11.6 Å². The number of amides is 1. The Balaban J connectivity index is 2.14. The van der Waals surface area contributed by atoms with E-state index in [0.717, 1.165) is 5.56 Å². The van der Waals surface area contributed by atoms with Crippen LogP contribution in [0.1, 0.15) is 19.4 Å². The molecule has 0 saturated carbocycles. The minimum atomic E-state index is -0.464. The van der Waals surface area contributed by atoms with Crippen molar-refractivity contribution in [2.45, 2.75) is 26.8 Å². The van der Waals surface area contributed by atoms with Crippen LogP contribution in [0.15, 0.2) is 27.4 Å². The topological polar surface area (TPSA) is 88.8 Å². The third kappa shape index (κ3) is 4.27. The molecule has 1 amide bonds. The lowest BCUT2D eigenvalue weighted by Crippen LogP contribution is -2.43. The fraction of sp³-hybridized carbons (Fsp3) is 0.412. The maximum absolute atomic E-state index is 11.9. The minimum Gasteiger partial charge on any atom is -0.482 e. The molecule has 0 fully saturated rings. The van der Waals surface area contributed by atoms with Crippen LogP contribution in [0.3, 0.4) is 0 Å². The van der Waals surface area contributed by atoms with E-state index in [-0.39, 0.29) is 36.8 Å². The van der Waals surface area contributed by atoms with E-state index in [1.165, 1.54) is 12.1 Å². The van der Waals surface area contributed by atoms with Gasteiger partial charge in [0.25, 0.3) is 5.91 Å². The predicted octanol–water partition coefficient (Wildman–Crippen LogP) is 2.27. The Bertz CT molecular complexity index is 799. The zero-order valence-corrected chi connectivity index (χ0v) is 14.5. The Labute approximate surface area is 144 Å². The molecule has 2 N–H and O–H groups in total. The van der Waals surface area contributed by atoms with Crippen LogP contribution in [0.5, 0.6) is 5.75 Å². The van der Waals surface area contributed by atoms with Gasteiger partial charge in [-0.1, -0.05) is 25.4 Å². The highest BCUT2D eigenvalue weighted by atomic mass is 35.5. The summed E-state index contributed by atoms with van der Waals surface area (Å²) in [6.07, 6.45) is 0. The number of ether oxygens (including phenoxy) is 1. The van der Waals surface area contributed by atoms with Gasteiger partial charge in [0, 0.05) is 17.5 Å². The van der Waals surface area contributed by atoms with Gasteiger partial charge in [-0.2, -0.15) is 0 Å². The molecular formula is C17H20ClNO5. The number of carbonyl (C=O) groups excluding carboxylic acids is 1. The first kappa shape index (κ1) is 18.3. The quantitative estimate of drug-likeness (QED) is 0.778. The molecule has 1 aromatic carbocycles. The average molecular weight is 354 g/mol. The number of halogens is 1. The van der Waals surface area contributed by atoms with Gasteiger partial charge >= 0.3 is 5.63 Å². The van der Waals surface area contributed by atoms with Crippen molar-refractivity contribution in [2.24, 2.45) is 5.92 Å². The molecule has 0 unspecified atom stereocenters. The SMILES string of the molecule is Cc1cc(=O)oc2cc(OCC(=O)N[C@@H](CO)C(C)C)c(Cl)cc12. The van der Waals surface area contributed by atoms with Crippen molar-refractivity contribution in [3.05, 3.63) is 39.2 Å². The molecule has 1 atom stereocenters. The highest BCUT2D eigenvalue weighted by Crippen LogP contribution is 2.30. The number of benzene rings is 1. The molecule has 0 aliphatic rings. The molecule has 0 radical (unpaired) electrons. The molecule has 2 aromatic rings. The van der Waals surface area contributed by atoms with Gasteiger partial charge in [0.05, 0.1) is 17.7 Å². The van der Waals surface area contributed by atoms with E-state index in [1.54, 1.807) is 13.0 Å². The standard InChI is InChI=1S/C17H20ClNO5/c1-9(2)13(7-20)19-16(21)8-23-15-6-14-11(5-12(15)18)10(3)4-17(22)24-14/h4-6,9,13,20H,7-8H2,1-3H3,(H,19,21)/t13-/m0/s1. The summed E-state index contributed by atoms with van der Waals surface area (Å²) in [6, 6.07) is 4.17. The van der Waals surface area contributed by atoms with Crippen LogP contribution in [0, 0.1) is 12.8 Å². The lowest BCUT2D eigenvalue weighted by molar-refractivity contribution is -0.124. The molecule has 1 heterocycles. The molecule has 6 nitrogen and oxygen atoms in total. The number of aryl methyl sites for hydroxylation is 1. The summed E-state index contributed by atoms with van der Waals surface area (Å²) in [5.74, 6) is -0.0248. The first-order chi connectivity index (χ1) is 11.3. The van der Waals surface area contributed by atoms with Crippen LogP contribution in [0.25, 0.3) is 11.0 Å². The lowest BCUT2D eigenvalue weighted by Gasteiger charge is -2.20. The largest absolute Gasteiger partial charge is 0.482 e. The Morgan fingerprint density at radius 1 is 1.38 bits per heavy atom. The van der Waals surface area contributed by atoms with Gasteiger partial charge in [0.1, 0.15) is 11.3 Å². The fourth-order valence-electron chi connectivity index (χ4n) is 2.25. The average Bonchev–Trinajstić information content (AvgIpc) is 2.51. The van der Waals surface area contributed by atoms with E-state index < -0.39 is 5.63 Å². The van der Waals surface area contributed by atoms with Gasteiger partial charge in [-0.25, -0.2) is 4.79 Å². The third-order valence-electron chi connectivity index (χ3n) is 3.71. The van der Waals surface area contributed by atoms with E-state index in [2.05, 4.69) is 5.32 Å². The molecular weight excluding hydrogens is 334 g/mol. The van der Waals surface area contributed by atoms with Crippen LogP contribution in [-0.4, -0.2) is 30.3 Å². The normalized spacial score (nSPS) is 12.4. The Kier molecular flexibility index (Phi) is 5.85. The van der Waals surface area contributed by atoms with Gasteiger partial charge in [-0.3, -0.25) is 4.79 Å². The monoisotopic (exact) mass is 353 g/mol. The molecule has 1 aromatic heterocycles. The number of hydrogen-bond donors (Lipinski definition) is 2. The smallest absolute Gasteiger partial charge is 0.336 e. The summed E-state index contributed by atoms with van der Waals surface area (Å²) in [5, 5.41) is 12.9. The molecule has 0 aliphatic heterocycles. The van der Waals surface area contributed by atoms with E-state index in [9.17, 15) is 14.7 Å². The molecule has 0 aliphatic carbocycles. The molecule has 2 rings (SSSR count). The van der Waals surface area contributed by atoms with Crippen molar-refractivity contribution in [1.82, 2.24) is 5.32 Å². The van der Waals surface area contributed by atoms with E-state index in [4.69, 9.17) is 20.8 Å². The van der Waals surface area contributed by atoms with E-state index in [1.807, 2.05) is 13.8 Å². The summed E-state index contributed by atoms with van der Waals surface area (Å²) < 4.78 is 10.6. The zero-order valence-electron chi connectivity index (χ0n) is 13.8. The zero-order chi connectivity index (χ0) is 17.9. The highest BCUT2D eigenvalue weighted by molar-refractivity contribution is 6.32. The van der Waals surface area contributed by atoms with Crippen molar-refractivity contribution in [2.75, 3.05) is 13.2 Å². The molecule has 0 spiro atoms. The van der Waals surface area contributed by atoms with Crippen molar-refractivity contribution in [3.63, 3.8) is 0 Å². The second-order valence-corrected chi connectivity index (χ2v) is 6.32. The van der Waals surface area contributed by atoms with Crippen LogP contribution < -0.4 is 15.7 Å². The number of aliphatic hydroxyl groups excluding tert-OH is 1. The lowest BCUT2D eigenvalue weighted by atomic mass is 10.1. The van der Waals surface area contributed by atoms with Gasteiger partial charge in [-0.05, 0) is 24.5 Å². The molecule has 0 bridgehead atoms. The van der Waals surface area contributed by atoms with Crippen LogP contribution in [0.4, 0.5) is 0 Å². The van der Waals surface area contributed by atoms with Gasteiger partial charge in [0.15, 0.2) is 6.61 Å². The van der Waals surface area contributed by atoms with E-state index in [0.29, 0.717) is 16.0 Å². The first-order valence-electron chi connectivity index (χ1n) is 7.59. The second-order valence-electron chi connectivity index (χ2n) is 5.92. The van der Waals surface area contributed by atoms with E-state index >= 15 is 0 Å². The number of aliphatic hydroxyl groups is 1. The van der Waals surface area contributed by atoms with Crippen molar-refractivity contribution in [1.29, 1.82) is 0 Å². The van der Waals surface area contributed by atoms with Gasteiger partial charge in [0.2, 0.25) is 0 Å². The number of nitrogens with one attached hydrogen (secondary N) is 1. The second kappa shape index (κ2) is 7.68. The number of hydrogen-bond acceptors (Lipinski definition) is 5. The van der Waals surface area contributed by atoms with Gasteiger partial charge in [-0.15, -0.1) is 0 Å². The van der Waals surface area contributed by atoms with Crippen LogP contribution in [-0.2, 0) is 4.79 Å². The van der Waals surface area contributed by atoms with Crippen molar-refractivity contribution in [3.8, 4) is 5.75 Å². The predicted molar refractivity (Wildman–Crippen MR) is 91.6 cm³/mol. The molecule has 24 heavy (non-hydrogen) atoms. The van der Waals surface area contributed by atoms with Gasteiger partial charge < -0.3 is 19.6 Å². The summed E-state index contributed by atoms with van der Waals surface area (Å²) in [4.78, 5) is 23.4. The number of carbonyl (C=O) groups is 1. The molecule has 7 heteroatoms. The Morgan fingerprint density at radius 3 is 2.71 bits per heavy atom. The highest BCUT2D eigenvalue weighted by Gasteiger charge is 2.16. The maximum Gasteiger partial charge on any atom is 0.336 e. The molecule has 130 valence electrons. The van der Waals surface area contributed by atoms with Crippen molar-refractivity contribution >= 4 is 28.5 Å². The fourth-order valence-corrected chi connectivity index (χ4v) is 2.46. The minimum absolute atomic E-state index is 0.0976. The third-order valence-corrected chi connectivity index (χ3v) is 4.01. The summed E-state index contributed by atoms with van der Waals surface area (Å²) in [7, 11) is 0. The first-order valence-corrected chi connectivity index (χ1v) is 7.96.